The molecule has 0 bridgehead atoms. The molecule has 0 unspecified atom stereocenters. The fourth-order valence-corrected chi connectivity index (χ4v) is 1.31. The minimum Gasteiger partial charge on any atom is -0.497 e. The van der Waals surface area contributed by atoms with Crippen molar-refractivity contribution >= 4 is 0 Å². The summed E-state index contributed by atoms with van der Waals surface area (Å²) >= 11 is 0. The van der Waals surface area contributed by atoms with Crippen LogP contribution < -0.4 is 4.74 Å². The van der Waals surface area contributed by atoms with E-state index in [0.29, 0.717) is 0 Å². The molecule has 2 heteroatoms. The minimum atomic E-state index is -0.406. The first-order chi connectivity index (χ1) is 6.71. The fourth-order valence-electron chi connectivity index (χ4n) is 1.31. The van der Waals surface area contributed by atoms with E-state index in [0.717, 1.165) is 23.7 Å². The van der Waals surface area contributed by atoms with E-state index in [4.69, 9.17) is 4.74 Å². The van der Waals surface area contributed by atoms with Gasteiger partial charge >= 0.3 is 0 Å². The molecule has 0 saturated carbocycles. The van der Waals surface area contributed by atoms with Gasteiger partial charge in [-0.15, -0.1) is 0 Å². The highest BCUT2D eigenvalue weighted by molar-refractivity contribution is 5.41. The largest absolute Gasteiger partial charge is 0.497 e. The molecular formula is C12H16FO. The molecule has 0 aromatic heterocycles. The van der Waals surface area contributed by atoms with Crippen LogP contribution >= 0.6 is 0 Å². The first-order valence-electron chi connectivity index (χ1n) is 4.78. The van der Waals surface area contributed by atoms with Crippen LogP contribution in [0.25, 0.3) is 0 Å². The van der Waals surface area contributed by atoms with E-state index in [1.54, 1.807) is 14.0 Å². The molecule has 1 radical (unpaired) electrons. The summed E-state index contributed by atoms with van der Waals surface area (Å²) in [6.07, 6.45) is 0.934. The van der Waals surface area contributed by atoms with E-state index >= 15 is 0 Å². The summed E-state index contributed by atoms with van der Waals surface area (Å²) in [5, 5.41) is 0. The third kappa shape index (κ3) is 2.47. The van der Waals surface area contributed by atoms with Crippen LogP contribution in [0.4, 0.5) is 4.39 Å². The SMILES string of the molecule is CCc1cc(OC)cc([C](C)CF)c1. The number of rotatable bonds is 4. The lowest BCUT2D eigenvalue weighted by Gasteiger charge is -2.11. The summed E-state index contributed by atoms with van der Waals surface area (Å²) in [7, 11) is 1.63. The molecule has 1 aromatic carbocycles. The molecule has 1 rings (SSSR count). The molecule has 0 amide bonds. The molecule has 0 aliphatic heterocycles. The number of benzene rings is 1. The topological polar surface area (TPSA) is 9.23 Å². The summed E-state index contributed by atoms with van der Waals surface area (Å²) in [5.41, 5.74) is 2.11. The predicted molar refractivity (Wildman–Crippen MR) is 56.4 cm³/mol. The summed E-state index contributed by atoms with van der Waals surface area (Å²) in [4.78, 5) is 0. The number of alkyl halides is 1. The van der Waals surface area contributed by atoms with E-state index in [1.165, 1.54) is 5.56 Å². The minimum absolute atomic E-state index is 0.406. The van der Waals surface area contributed by atoms with Gasteiger partial charge in [0.25, 0.3) is 0 Å². The zero-order chi connectivity index (χ0) is 10.6. The van der Waals surface area contributed by atoms with Gasteiger partial charge in [-0.3, -0.25) is 4.39 Å². The molecule has 0 heterocycles. The summed E-state index contributed by atoms with van der Waals surface area (Å²) in [6.45, 7) is 3.47. The van der Waals surface area contributed by atoms with Crippen molar-refractivity contribution in [3.8, 4) is 5.75 Å². The quantitative estimate of drug-likeness (QED) is 0.717. The van der Waals surface area contributed by atoms with Gasteiger partial charge in [0, 0.05) is 5.92 Å². The Hall–Kier alpha value is -1.05. The standard InChI is InChI=1S/C12H16FO/c1-4-10-5-11(9(2)8-13)7-12(6-10)14-3/h5-7H,4,8H2,1-3H3. The lowest BCUT2D eigenvalue weighted by Crippen LogP contribution is -1.99. The van der Waals surface area contributed by atoms with Gasteiger partial charge in [0.1, 0.15) is 5.75 Å². The van der Waals surface area contributed by atoms with E-state index < -0.39 is 6.67 Å². The Balaban J connectivity index is 3.04. The molecule has 0 N–H and O–H groups in total. The molecule has 77 valence electrons. The Bertz CT molecular complexity index is 274. The number of hydrogen-bond donors (Lipinski definition) is 0. The van der Waals surface area contributed by atoms with E-state index in [2.05, 4.69) is 6.92 Å². The molecule has 0 saturated heterocycles. The Morgan fingerprint density at radius 3 is 2.57 bits per heavy atom. The number of aryl methyl sites for hydroxylation is 1. The number of methoxy groups -OCH3 is 1. The van der Waals surface area contributed by atoms with E-state index in [1.807, 2.05) is 18.2 Å². The van der Waals surface area contributed by atoms with Crippen molar-refractivity contribution in [2.45, 2.75) is 20.3 Å². The average molecular weight is 195 g/mol. The second kappa shape index (κ2) is 4.99. The zero-order valence-electron chi connectivity index (χ0n) is 8.93. The number of halogens is 1. The Labute approximate surface area is 84.9 Å². The van der Waals surface area contributed by atoms with Gasteiger partial charge in [-0.2, -0.15) is 0 Å². The lowest BCUT2D eigenvalue weighted by molar-refractivity contribution is 0.413. The van der Waals surface area contributed by atoms with Gasteiger partial charge in [0.2, 0.25) is 0 Å². The first-order valence-corrected chi connectivity index (χ1v) is 4.78. The normalized spacial score (nSPS) is 10.6. The molecule has 1 aromatic rings. The Morgan fingerprint density at radius 2 is 2.07 bits per heavy atom. The average Bonchev–Trinajstić information content (AvgIpc) is 2.27. The van der Waals surface area contributed by atoms with Gasteiger partial charge in [0.05, 0.1) is 13.8 Å². The molecule has 1 nitrogen and oxygen atoms in total. The van der Waals surface area contributed by atoms with Crippen LogP contribution in [-0.2, 0) is 6.42 Å². The van der Waals surface area contributed by atoms with Crippen LogP contribution in [-0.4, -0.2) is 13.8 Å². The van der Waals surface area contributed by atoms with Crippen molar-refractivity contribution in [2.24, 2.45) is 0 Å². The van der Waals surface area contributed by atoms with Crippen molar-refractivity contribution in [2.75, 3.05) is 13.8 Å². The van der Waals surface area contributed by atoms with Crippen LogP contribution in [0.5, 0.6) is 5.75 Å². The number of ether oxygens (including phenoxy) is 1. The van der Waals surface area contributed by atoms with E-state index in [9.17, 15) is 4.39 Å². The Morgan fingerprint density at radius 1 is 1.36 bits per heavy atom. The monoisotopic (exact) mass is 195 g/mol. The van der Waals surface area contributed by atoms with Crippen LogP contribution in [0.1, 0.15) is 25.0 Å². The smallest absolute Gasteiger partial charge is 0.119 e. The van der Waals surface area contributed by atoms with Crippen molar-refractivity contribution in [3.63, 3.8) is 0 Å². The molecular weight excluding hydrogens is 179 g/mol. The van der Waals surface area contributed by atoms with Gasteiger partial charge in [-0.1, -0.05) is 19.9 Å². The van der Waals surface area contributed by atoms with Gasteiger partial charge in [0.15, 0.2) is 0 Å². The molecule has 0 aliphatic carbocycles. The maximum Gasteiger partial charge on any atom is 0.119 e. The highest BCUT2D eigenvalue weighted by Crippen LogP contribution is 2.23. The summed E-state index contributed by atoms with van der Waals surface area (Å²) in [6, 6.07) is 5.86. The first kappa shape index (κ1) is 11.0. The van der Waals surface area contributed by atoms with Crippen molar-refractivity contribution in [1.82, 2.24) is 0 Å². The molecule has 14 heavy (non-hydrogen) atoms. The van der Waals surface area contributed by atoms with Crippen molar-refractivity contribution < 1.29 is 9.13 Å². The van der Waals surface area contributed by atoms with Crippen molar-refractivity contribution in [1.29, 1.82) is 0 Å². The van der Waals surface area contributed by atoms with Crippen LogP contribution in [0.2, 0.25) is 0 Å². The van der Waals surface area contributed by atoms with Crippen molar-refractivity contribution in [3.05, 3.63) is 35.2 Å². The predicted octanol–water partition coefficient (Wildman–Crippen LogP) is 3.17. The number of hydrogen-bond acceptors (Lipinski definition) is 1. The van der Waals surface area contributed by atoms with Crippen LogP contribution in [0.3, 0.4) is 0 Å². The second-order valence-electron chi connectivity index (χ2n) is 3.34. The zero-order valence-corrected chi connectivity index (χ0v) is 8.93. The van der Waals surface area contributed by atoms with Crippen LogP contribution in [0.15, 0.2) is 18.2 Å². The Kier molecular flexibility index (Phi) is 3.93. The third-order valence-corrected chi connectivity index (χ3v) is 2.30. The molecule has 0 spiro atoms. The van der Waals surface area contributed by atoms with E-state index in [-0.39, 0.29) is 0 Å². The molecule has 0 atom stereocenters. The second-order valence-corrected chi connectivity index (χ2v) is 3.34. The highest BCUT2D eigenvalue weighted by atomic mass is 19.1. The molecule has 0 aliphatic rings. The van der Waals surface area contributed by atoms with Gasteiger partial charge in [-0.05, 0) is 29.7 Å². The fraction of sp³-hybridized carbons (Fsp3) is 0.417. The lowest BCUT2D eigenvalue weighted by atomic mass is 9.99. The highest BCUT2D eigenvalue weighted by Gasteiger charge is 2.08. The summed E-state index contributed by atoms with van der Waals surface area (Å²) in [5.74, 6) is 1.55. The summed E-state index contributed by atoms with van der Waals surface area (Å²) < 4.78 is 17.6. The van der Waals surface area contributed by atoms with Crippen LogP contribution in [0, 0.1) is 5.92 Å². The van der Waals surface area contributed by atoms with Gasteiger partial charge in [-0.25, -0.2) is 0 Å². The maximum absolute atomic E-state index is 12.5. The maximum atomic E-state index is 12.5. The third-order valence-electron chi connectivity index (χ3n) is 2.30. The van der Waals surface area contributed by atoms with Gasteiger partial charge < -0.3 is 4.74 Å². The molecule has 0 fully saturated rings.